The number of ether oxygens (including phenoxy) is 1. The van der Waals surface area contributed by atoms with E-state index in [2.05, 4.69) is 11.7 Å². The monoisotopic (exact) mass is 712 g/mol. The van der Waals surface area contributed by atoms with Crippen LogP contribution in [-0.2, 0) is 12.8 Å². The number of hydrogen-bond donors (Lipinski definition) is 0. The van der Waals surface area contributed by atoms with Gasteiger partial charge in [-0.2, -0.15) is 8.78 Å². The Balaban J connectivity index is 1.53. The molecule has 0 aliphatic heterocycles. The zero-order valence-electron chi connectivity index (χ0n) is 27.0. The van der Waals surface area contributed by atoms with Crippen LogP contribution in [0.4, 0.5) is 48.3 Å². The SMILES string of the molecule is CCCCC(C)Cc1ccc(-c2cc(F)c(C/C=C(F)\C(=C(/C)F)C(F)(F)Oc3ccc(-c4cc(F)c(F)c(F)c4)c(F)c3)c(F)c2)c(F)c1. The van der Waals surface area contributed by atoms with Gasteiger partial charge in [0.25, 0.3) is 0 Å². The summed E-state index contributed by atoms with van der Waals surface area (Å²) in [6.45, 7) is 4.57. The van der Waals surface area contributed by atoms with Crippen molar-refractivity contribution in [1.82, 2.24) is 0 Å². The third-order valence-corrected chi connectivity index (χ3v) is 7.96. The van der Waals surface area contributed by atoms with Gasteiger partial charge in [0.1, 0.15) is 46.2 Å². The van der Waals surface area contributed by atoms with Crippen molar-refractivity contribution in [3.63, 3.8) is 0 Å². The van der Waals surface area contributed by atoms with E-state index in [1.54, 1.807) is 6.07 Å². The molecule has 0 aliphatic rings. The fraction of sp³-hybridized carbons (Fsp3) is 0.263. The highest BCUT2D eigenvalue weighted by Crippen LogP contribution is 2.38. The molecule has 12 heteroatoms. The first-order chi connectivity index (χ1) is 23.5. The van der Waals surface area contributed by atoms with E-state index in [4.69, 9.17) is 0 Å². The van der Waals surface area contributed by atoms with Gasteiger partial charge in [0, 0.05) is 22.8 Å². The third kappa shape index (κ3) is 8.94. The number of rotatable bonds is 13. The molecule has 0 saturated heterocycles. The Morgan fingerprint density at radius 2 is 1.28 bits per heavy atom. The van der Waals surface area contributed by atoms with Crippen molar-refractivity contribution in [3.05, 3.63) is 136 Å². The largest absolute Gasteiger partial charge is 0.432 e. The number of unbranched alkanes of at least 4 members (excludes halogenated alkanes) is 1. The fourth-order valence-electron chi connectivity index (χ4n) is 5.43. The van der Waals surface area contributed by atoms with Gasteiger partial charge in [-0.15, -0.1) is 0 Å². The van der Waals surface area contributed by atoms with Crippen molar-refractivity contribution in [2.45, 2.75) is 59.0 Å². The van der Waals surface area contributed by atoms with Gasteiger partial charge in [0.15, 0.2) is 17.5 Å². The van der Waals surface area contributed by atoms with Crippen molar-refractivity contribution < 1.29 is 53.0 Å². The average molecular weight is 713 g/mol. The highest BCUT2D eigenvalue weighted by atomic mass is 19.3. The molecule has 4 rings (SSSR count). The molecule has 0 fully saturated rings. The lowest BCUT2D eigenvalue weighted by molar-refractivity contribution is -0.143. The van der Waals surface area contributed by atoms with Crippen LogP contribution in [0.3, 0.4) is 0 Å². The van der Waals surface area contributed by atoms with Crippen LogP contribution >= 0.6 is 0 Å². The number of alkyl halides is 2. The van der Waals surface area contributed by atoms with E-state index in [0.29, 0.717) is 49.1 Å². The Kier molecular flexibility index (Phi) is 12.2. The summed E-state index contributed by atoms with van der Waals surface area (Å²) in [4.78, 5) is 0. The Bertz CT molecular complexity index is 1880. The van der Waals surface area contributed by atoms with Crippen LogP contribution in [0.15, 0.2) is 84.0 Å². The highest BCUT2D eigenvalue weighted by molar-refractivity contribution is 5.66. The molecule has 4 aromatic carbocycles. The molecule has 0 bridgehead atoms. The minimum absolute atomic E-state index is 0.0995. The molecular formula is C38H31F11O. The maximum absolute atomic E-state index is 15.1. The molecule has 0 radical (unpaired) electrons. The number of allylic oxidation sites excluding steroid dienone is 2. The molecule has 0 N–H and O–H groups in total. The minimum Gasteiger partial charge on any atom is -0.429 e. The van der Waals surface area contributed by atoms with E-state index >= 15 is 22.0 Å². The van der Waals surface area contributed by atoms with Gasteiger partial charge in [-0.1, -0.05) is 45.2 Å². The van der Waals surface area contributed by atoms with Gasteiger partial charge in [-0.25, -0.2) is 39.5 Å². The van der Waals surface area contributed by atoms with Crippen molar-refractivity contribution in [1.29, 1.82) is 0 Å². The summed E-state index contributed by atoms with van der Waals surface area (Å²) in [7, 11) is 0. The molecular weight excluding hydrogens is 681 g/mol. The lowest BCUT2D eigenvalue weighted by Gasteiger charge is -2.21. The second-order valence-electron chi connectivity index (χ2n) is 11.9. The predicted molar refractivity (Wildman–Crippen MR) is 168 cm³/mol. The zero-order chi connectivity index (χ0) is 36.9. The molecule has 0 heterocycles. The van der Waals surface area contributed by atoms with Gasteiger partial charge >= 0.3 is 6.11 Å². The third-order valence-electron chi connectivity index (χ3n) is 7.96. The average Bonchev–Trinajstić information content (AvgIpc) is 3.01. The molecule has 50 heavy (non-hydrogen) atoms. The summed E-state index contributed by atoms with van der Waals surface area (Å²) in [5.74, 6) is -14.1. The topological polar surface area (TPSA) is 9.23 Å². The molecule has 1 nitrogen and oxygen atoms in total. The van der Waals surface area contributed by atoms with Crippen LogP contribution in [0.2, 0.25) is 0 Å². The molecule has 4 aromatic rings. The van der Waals surface area contributed by atoms with E-state index < -0.39 is 92.9 Å². The number of halogens is 11. The smallest absolute Gasteiger partial charge is 0.429 e. The summed E-state index contributed by atoms with van der Waals surface area (Å²) >= 11 is 0. The van der Waals surface area contributed by atoms with Crippen LogP contribution in [-0.4, -0.2) is 6.11 Å². The van der Waals surface area contributed by atoms with Gasteiger partial charge < -0.3 is 4.74 Å². The lowest BCUT2D eigenvalue weighted by Crippen LogP contribution is -2.29. The van der Waals surface area contributed by atoms with Crippen molar-refractivity contribution in [2.75, 3.05) is 0 Å². The van der Waals surface area contributed by atoms with Gasteiger partial charge in [0.2, 0.25) is 0 Å². The molecule has 1 unspecified atom stereocenters. The normalized spacial score (nSPS) is 13.4. The Hall–Kier alpha value is -4.61. The first kappa shape index (κ1) is 38.2. The standard InChI is InChI=1S/C38H31F11O/c1-4-5-6-20(2)13-22-7-9-26(30(41)14-22)23-15-31(42)28(32(43)16-23)11-12-29(40)36(21(3)39)38(48,49)50-25-8-10-27(33(44)19-25)24-17-34(45)37(47)35(46)18-24/h7-10,12,14-20H,4-6,11,13H2,1-3H3/b29-12+,36-21-. The summed E-state index contributed by atoms with van der Waals surface area (Å²) in [5, 5.41) is 0. The second kappa shape index (κ2) is 15.9. The van der Waals surface area contributed by atoms with Crippen LogP contribution in [0, 0.1) is 46.6 Å². The van der Waals surface area contributed by atoms with Gasteiger partial charge in [0.05, 0.1) is 0 Å². The molecule has 0 saturated carbocycles. The molecule has 0 spiro atoms. The number of hydrogen-bond acceptors (Lipinski definition) is 1. The first-order valence-electron chi connectivity index (χ1n) is 15.5. The van der Waals surface area contributed by atoms with Crippen LogP contribution in [0.25, 0.3) is 22.3 Å². The van der Waals surface area contributed by atoms with E-state index in [0.717, 1.165) is 37.5 Å². The molecule has 0 aromatic heterocycles. The summed E-state index contributed by atoms with van der Waals surface area (Å²) in [5.41, 5.74) is -3.32. The molecule has 0 amide bonds. The zero-order valence-corrected chi connectivity index (χ0v) is 27.0. The summed E-state index contributed by atoms with van der Waals surface area (Å²) in [6.07, 6.45) is -1.87. The quantitative estimate of drug-likeness (QED) is 0.0762. The van der Waals surface area contributed by atoms with Crippen molar-refractivity contribution in [2.24, 2.45) is 5.92 Å². The van der Waals surface area contributed by atoms with Crippen molar-refractivity contribution in [3.8, 4) is 28.0 Å². The number of benzene rings is 4. The lowest BCUT2D eigenvalue weighted by atomic mass is 9.94. The fourth-order valence-corrected chi connectivity index (χ4v) is 5.43. The van der Waals surface area contributed by atoms with E-state index in [1.165, 1.54) is 12.1 Å². The van der Waals surface area contributed by atoms with E-state index in [1.807, 2.05) is 6.92 Å². The Morgan fingerprint density at radius 1 is 0.740 bits per heavy atom. The molecule has 0 aliphatic carbocycles. The second-order valence-corrected chi connectivity index (χ2v) is 11.9. The maximum Gasteiger partial charge on any atom is 0.432 e. The Morgan fingerprint density at radius 3 is 1.80 bits per heavy atom. The summed E-state index contributed by atoms with van der Waals surface area (Å²) in [6, 6.07) is 8.64. The highest BCUT2D eigenvalue weighted by Gasteiger charge is 2.42. The van der Waals surface area contributed by atoms with Crippen LogP contribution in [0.1, 0.15) is 51.2 Å². The predicted octanol–water partition coefficient (Wildman–Crippen LogP) is 12.7. The maximum atomic E-state index is 15.1. The van der Waals surface area contributed by atoms with Crippen LogP contribution < -0.4 is 4.74 Å². The molecule has 1 atom stereocenters. The van der Waals surface area contributed by atoms with Crippen LogP contribution in [0.5, 0.6) is 5.75 Å². The van der Waals surface area contributed by atoms with Gasteiger partial charge in [-0.05, 0) is 90.9 Å². The minimum atomic E-state index is -4.81. The first-order valence-corrected chi connectivity index (χ1v) is 15.5. The molecule has 266 valence electrons. The van der Waals surface area contributed by atoms with Crippen molar-refractivity contribution >= 4 is 0 Å². The summed E-state index contributed by atoms with van der Waals surface area (Å²) < 4.78 is 164. The Labute approximate surface area is 281 Å². The van der Waals surface area contributed by atoms with E-state index in [-0.39, 0.29) is 17.2 Å². The van der Waals surface area contributed by atoms with Gasteiger partial charge in [-0.3, -0.25) is 0 Å². The van der Waals surface area contributed by atoms with E-state index in [9.17, 15) is 26.3 Å².